The highest BCUT2D eigenvalue weighted by Gasteiger charge is 2.21. The Balaban J connectivity index is 2.05. The summed E-state index contributed by atoms with van der Waals surface area (Å²) in [6.07, 6.45) is 4.92. The van der Waals surface area contributed by atoms with Crippen molar-refractivity contribution in [2.45, 2.75) is 38.3 Å². The van der Waals surface area contributed by atoms with Gasteiger partial charge in [0, 0.05) is 22.6 Å². The van der Waals surface area contributed by atoms with Gasteiger partial charge >= 0.3 is 0 Å². The van der Waals surface area contributed by atoms with Gasteiger partial charge in [0.25, 0.3) is 0 Å². The largest absolute Gasteiger partial charge is 0.330 e. The highest BCUT2D eigenvalue weighted by Crippen LogP contribution is 2.24. The lowest BCUT2D eigenvalue weighted by Crippen LogP contribution is -2.40. The minimum absolute atomic E-state index is 0.613. The molecule has 18 heavy (non-hydrogen) atoms. The lowest BCUT2D eigenvalue weighted by Gasteiger charge is -2.35. The Morgan fingerprint density at radius 1 is 1.17 bits per heavy atom. The number of rotatable bonds is 4. The van der Waals surface area contributed by atoms with Crippen LogP contribution in [0.4, 0.5) is 0 Å². The van der Waals surface area contributed by atoms with Gasteiger partial charge in [-0.05, 0) is 56.1 Å². The molecule has 0 bridgehead atoms. The van der Waals surface area contributed by atoms with E-state index in [1.54, 1.807) is 6.07 Å². The van der Waals surface area contributed by atoms with Crippen molar-refractivity contribution in [3.05, 3.63) is 33.8 Å². The number of halogens is 2. The zero-order chi connectivity index (χ0) is 13.0. The molecular formula is C14H20Cl2N2. The average molecular weight is 287 g/mol. The highest BCUT2D eigenvalue weighted by molar-refractivity contribution is 6.34. The molecular weight excluding hydrogens is 267 g/mol. The van der Waals surface area contributed by atoms with Gasteiger partial charge in [-0.1, -0.05) is 29.6 Å². The minimum Gasteiger partial charge on any atom is -0.330 e. The first-order valence-electron chi connectivity index (χ1n) is 6.58. The first-order valence-corrected chi connectivity index (χ1v) is 7.33. The molecule has 1 atom stereocenters. The van der Waals surface area contributed by atoms with Crippen molar-refractivity contribution in [2.24, 2.45) is 5.73 Å². The predicted octanol–water partition coefficient (Wildman–Crippen LogP) is 3.70. The molecule has 2 N–H and O–H groups in total. The first-order chi connectivity index (χ1) is 8.69. The van der Waals surface area contributed by atoms with Crippen molar-refractivity contribution >= 4 is 23.2 Å². The van der Waals surface area contributed by atoms with Crippen LogP contribution in [-0.2, 0) is 6.54 Å². The van der Waals surface area contributed by atoms with Gasteiger partial charge in [-0.25, -0.2) is 0 Å². The average Bonchev–Trinajstić information content (AvgIpc) is 2.30. The fourth-order valence-corrected chi connectivity index (χ4v) is 3.30. The van der Waals surface area contributed by atoms with Gasteiger partial charge in [0.1, 0.15) is 0 Å². The van der Waals surface area contributed by atoms with E-state index in [0.29, 0.717) is 16.1 Å². The van der Waals surface area contributed by atoms with Crippen LogP contribution in [0.25, 0.3) is 0 Å². The number of nitrogens with zero attached hydrogens (tertiary/aromatic N) is 1. The number of piperidine rings is 1. The van der Waals surface area contributed by atoms with E-state index >= 15 is 0 Å². The Labute approximate surface area is 119 Å². The fourth-order valence-electron chi connectivity index (χ4n) is 2.72. The highest BCUT2D eigenvalue weighted by atomic mass is 35.5. The van der Waals surface area contributed by atoms with Gasteiger partial charge in [-0.15, -0.1) is 0 Å². The molecule has 100 valence electrons. The Morgan fingerprint density at radius 3 is 2.56 bits per heavy atom. The maximum atomic E-state index is 6.04. The quantitative estimate of drug-likeness (QED) is 0.915. The van der Waals surface area contributed by atoms with Gasteiger partial charge in [0.15, 0.2) is 0 Å². The summed E-state index contributed by atoms with van der Waals surface area (Å²) >= 11 is 12.1. The van der Waals surface area contributed by atoms with E-state index < -0.39 is 0 Å². The molecule has 0 aromatic heterocycles. The minimum atomic E-state index is 0.613. The topological polar surface area (TPSA) is 29.3 Å². The van der Waals surface area contributed by atoms with Crippen LogP contribution in [-0.4, -0.2) is 24.0 Å². The zero-order valence-electron chi connectivity index (χ0n) is 10.5. The maximum absolute atomic E-state index is 6.04. The SMILES string of the molecule is NCCC1CCCCN1Cc1cc(Cl)cc(Cl)c1. The molecule has 2 nitrogen and oxygen atoms in total. The molecule has 1 heterocycles. The number of nitrogens with two attached hydrogens (primary N) is 1. The first kappa shape index (κ1) is 14.1. The van der Waals surface area contributed by atoms with Crippen LogP contribution in [0, 0.1) is 0 Å². The molecule has 1 aromatic rings. The Morgan fingerprint density at radius 2 is 1.89 bits per heavy atom. The van der Waals surface area contributed by atoms with Crippen LogP contribution in [0.15, 0.2) is 18.2 Å². The molecule has 1 saturated heterocycles. The summed E-state index contributed by atoms with van der Waals surface area (Å²) in [5, 5.41) is 1.43. The molecule has 0 radical (unpaired) electrons. The number of likely N-dealkylation sites (tertiary alicyclic amines) is 1. The van der Waals surface area contributed by atoms with Gasteiger partial charge in [-0.2, -0.15) is 0 Å². The lowest BCUT2D eigenvalue weighted by molar-refractivity contribution is 0.134. The Hall–Kier alpha value is -0.280. The summed E-state index contributed by atoms with van der Waals surface area (Å²) in [4.78, 5) is 2.51. The monoisotopic (exact) mass is 286 g/mol. The Kier molecular flexibility index (Phi) is 5.31. The van der Waals surface area contributed by atoms with Crippen molar-refractivity contribution in [1.29, 1.82) is 0 Å². The number of hydrogen-bond acceptors (Lipinski definition) is 2. The fraction of sp³-hybridized carbons (Fsp3) is 0.571. The van der Waals surface area contributed by atoms with Crippen molar-refractivity contribution in [3.63, 3.8) is 0 Å². The van der Waals surface area contributed by atoms with Crippen LogP contribution in [0.2, 0.25) is 10.0 Å². The number of benzene rings is 1. The second kappa shape index (κ2) is 6.76. The van der Waals surface area contributed by atoms with Gasteiger partial charge in [-0.3, -0.25) is 4.90 Å². The predicted molar refractivity (Wildman–Crippen MR) is 78.2 cm³/mol. The molecule has 1 unspecified atom stereocenters. The van der Waals surface area contributed by atoms with E-state index in [2.05, 4.69) is 4.90 Å². The standard InChI is InChI=1S/C14H20Cl2N2/c15-12-7-11(8-13(16)9-12)10-18-6-2-1-3-14(18)4-5-17/h7-9,14H,1-6,10,17H2. The number of hydrogen-bond donors (Lipinski definition) is 1. The molecule has 0 saturated carbocycles. The molecule has 1 aliphatic heterocycles. The molecule has 0 aliphatic carbocycles. The van der Waals surface area contributed by atoms with E-state index in [-0.39, 0.29) is 0 Å². The molecule has 4 heteroatoms. The van der Waals surface area contributed by atoms with E-state index in [0.717, 1.165) is 26.1 Å². The van der Waals surface area contributed by atoms with E-state index in [4.69, 9.17) is 28.9 Å². The van der Waals surface area contributed by atoms with Crippen LogP contribution in [0.1, 0.15) is 31.2 Å². The third-order valence-electron chi connectivity index (χ3n) is 3.56. The van der Waals surface area contributed by atoms with Crippen molar-refractivity contribution < 1.29 is 0 Å². The zero-order valence-corrected chi connectivity index (χ0v) is 12.1. The molecule has 2 rings (SSSR count). The van der Waals surface area contributed by atoms with E-state index in [9.17, 15) is 0 Å². The van der Waals surface area contributed by atoms with Crippen molar-refractivity contribution in [2.75, 3.05) is 13.1 Å². The third kappa shape index (κ3) is 3.86. The summed E-state index contributed by atoms with van der Waals surface area (Å²) in [5.41, 5.74) is 6.89. The normalized spacial score (nSPS) is 21.2. The third-order valence-corrected chi connectivity index (χ3v) is 3.99. The van der Waals surface area contributed by atoms with Crippen LogP contribution < -0.4 is 5.73 Å². The van der Waals surface area contributed by atoms with E-state index in [1.807, 2.05) is 12.1 Å². The summed E-state index contributed by atoms with van der Waals surface area (Å²) < 4.78 is 0. The van der Waals surface area contributed by atoms with Gasteiger partial charge < -0.3 is 5.73 Å². The van der Waals surface area contributed by atoms with Gasteiger partial charge in [0.05, 0.1) is 0 Å². The smallest absolute Gasteiger partial charge is 0.0424 e. The van der Waals surface area contributed by atoms with Crippen LogP contribution in [0.5, 0.6) is 0 Å². The van der Waals surface area contributed by atoms with Crippen LogP contribution in [0.3, 0.4) is 0 Å². The molecule has 1 aliphatic rings. The maximum Gasteiger partial charge on any atom is 0.0424 e. The molecule has 1 aromatic carbocycles. The van der Waals surface area contributed by atoms with Crippen LogP contribution >= 0.6 is 23.2 Å². The molecule has 0 amide bonds. The molecule has 0 spiro atoms. The van der Waals surface area contributed by atoms with E-state index in [1.165, 1.54) is 24.8 Å². The second-order valence-corrected chi connectivity index (χ2v) is 5.85. The summed E-state index contributed by atoms with van der Waals surface area (Å²) in [6, 6.07) is 6.39. The summed E-state index contributed by atoms with van der Waals surface area (Å²) in [5.74, 6) is 0. The summed E-state index contributed by atoms with van der Waals surface area (Å²) in [6.45, 7) is 2.83. The summed E-state index contributed by atoms with van der Waals surface area (Å²) in [7, 11) is 0. The second-order valence-electron chi connectivity index (χ2n) is 4.98. The van der Waals surface area contributed by atoms with Crippen molar-refractivity contribution in [1.82, 2.24) is 4.90 Å². The van der Waals surface area contributed by atoms with Crippen molar-refractivity contribution in [3.8, 4) is 0 Å². The van der Waals surface area contributed by atoms with Gasteiger partial charge in [0.2, 0.25) is 0 Å². The lowest BCUT2D eigenvalue weighted by atomic mass is 9.98. The Bertz CT molecular complexity index is 373. The molecule has 1 fully saturated rings.